The zero-order valence-electron chi connectivity index (χ0n) is 9.10. The van der Waals surface area contributed by atoms with Gasteiger partial charge in [-0.2, -0.15) is 0 Å². The normalized spacial score (nSPS) is 17.5. The summed E-state index contributed by atoms with van der Waals surface area (Å²) in [6.45, 7) is 4.27. The Morgan fingerprint density at radius 2 is 1.79 bits per heavy atom. The molecule has 0 radical (unpaired) electrons. The maximum Gasteiger partial charge on any atom is 0.0601 e. The van der Waals surface area contributed by atoms with Crippen LogP contribution in [0.2, 0.25) is 0 Å². The number of hydrogen-bond acceptors (Lipinski definition) is 2. The molecule has 14 heavy (non-hydrogen) atoms. The van der Waals surface area contributed by atoms with Crippen molar-refractivity contribution in [2.24, 2.45) is 5.73 Å². The van der Waals surface area contributed by atoms with Gasteiger partial charge in [-0.15, -0.1) is 5.92 Å². The molecule has 0 aromatic rings. The van der Waals surface area contributed by atoms with E-state index in [-0.39, 0.29) is 0 Å². The van der Waals surface area contributed by atoms with Gasteiger partial charge < -0.3 is 5.73 Å². The summed E-state index contributed by atoms with van der Waals surface area (Å²) in [4.78, 5) is 2.46. The van der Waals surface area contributed by atoms with Gasteiger partial charge in [0, 0.05) is 6.42 Å². The predicted molar refractivity (Wildman–Crippen MR) is 61.0 cm³/mol. The molecule has 1 fully saturated rings. The fourth-order valence-electron chi connectivity index (χ4n) is 1.73. The summed E-state index contributed by atoms with van der Waals surface area (Å²) in [5.41, 5.74) is 5.40. The number of likely N-dealkylation sites (tertiary alicyclic amines) is 1. The van der Waals surface area contributed by atoms with Crippen LogP contribution in [0.1, 0.15) is 38.5 Å². The molecule has 0 saturated carbocycles. The number of rotatable bonds is 4. The molecule has 0 aliphatic carbocycles. The van der Waals surface area contributed by atoms with E-state index in [2.05, 4.69) is 16.7 Å². The van der Waals surface area contributed by atoms with Gasteiger partial charge in [0.05, 0.1) is 6.54 Å². The van der Waals surface area contributed by atoms with Crippen LogP contribution in [0, 0.1) is 11.8 Å². The van der Waals surface area contributed by atoms with Crippen LogP contribution < -0.4 is 5.73 Å². The van der Waals surface area contributed by atoms with Crippen molar-refractivity contribution in [3.8, 4) is 11.8 Å². The Hall–Kier alpha value is -0.520. The van der Waals surface area contributed by atoms with E-state index in [1.165, 1.54) is 32.4 Å². The van der Waals surface area contributed by atoms with Gasteiger partial charge in [-0.3, -0.25) is 4.90 Å². The summed E-state index contributed by atoms with van der Waals surface area (Å²) in [6.07, 6.45) is 7.40. The van der Waals surface area contributed by atoms with E-state index in [9.17, 15) is 0 Å². The molecule has 1 aliphatic rings. The molecule has 0 bridgehead atoms. The maximum absolute atomic E-state index is 5.40. The second-order valence-electron chi connectivity index (χ2n) is 3.94. The second-order valence-corrected chi connectivity index (χ2v) is 3.94. The molecule has 0 unspecified atom stereocenters. The van der Waals surface area contributed by atoms with Gasteiger partial charge >= 0.3 is 0 Å². The van der Waals surface area contributed by atoms with Gasteiger partial charge in [0.25, 0.3) is 0 Å². The minimum Gasteiger partial charge on any atom is -0.330 e. The van der Waals surface area contributed by atoms with Gasteiger partial charge in [-0.05, 0) is 45.3 Å². The van der Waals surface area contributed by atoms with E-state index in [0.717, 1.165) is 32.4 Å². The lowest BCUT2D eigenvalue weighted by Gasteiger charge is -2.23. The van der Waals surface area contributed by atoms with Crippen LogP contribution in [0.4, 0.5) is 0 Å². The molecule has 1 rings (SSSR count). The lowest BCUT2D eigenvalue weighted by atomic mass is 10.1. The van der Waals surface area contributed by atoms with Crippen LogP contribution >= 0.6 is 0 Å². The molecule has 1 saturated heterocycles. The van der Waals surface area contributed by atoms with Crippen LogP contribution in [0.3, 0.4) is 0 Å². The Labute approximate surface area is 87.8 Å². The SMILES string of the molecule is NCCCCC#CCN1CCCCC1. The number of piperidine rings is 1. The molecular weight excluding hydrogens is 172 g/mol. The first-order valence-electron chi connectivity index (χ1n) is 5.81. The summed E-state index contributed by atoms with van der Waals surface area (Å²) in [6, 6.07) is 0. The Balaban J connectivity index is 2.00. The highest BCUT2D eigenvalue weighted by Gasteiger charge is 2.07. The Morgan fingerprint density at radius 1 is 1.00 bits per heavy atom. The zero-order valence-corrected chi connectivity index (χ0v) is 9.10. The number of nitrogens with two attached hydrogens (primary N) is 1. The van der Waals surface area contributed by atoms with E-state index in [0.29, 0.717) is 0 Å². The molecule has 2 nitrogen and oxygen atoms in total. The van der Waals surface area contributed by atoms with Gasteiger partial charge in [0.15, 0.2) is 0 Å². The summed E-state index contributed by atoms with van der Waals surface area (Å²) in [5, 5.41) is 0. The summed E-state index contributed by atoms with van der Waals surface area (Å²) in [7, 11) is 0. The highest BCUT2D eigenvalue weighted by molar-refractivity contribution is 5.01. The Bertz CT molecular complexity index is 184. The molecular formula is C12H22N2. The molecule has 1 heterocycles. The summed E-state index contributed by atoms with van der Waals surface area (Å²) < 4.78 is 0. The Kier molecular flexibility index (Phi) is 6.47. The highest BCUT2D eigenvalue weighted by Crippen LogP contribution is 2.07. The zero-order chi connectivity index (χ0) is 10.1. The lowest BCUT2D eigenvalue weighted by Crippen LogP contribution is -2.29. The number of nitrogens with zero attached hydrogens (tertiary/aromatic N) is 1. The van der Waals surface area contributed by atoms with Crippen molar-refractivity contribution in [2.45, 2.75) is 38.5 Å². The van der Waals surface area contributed by atoms with Crippen molar-refractivity contribution in [1.82, 2.24) is 4.90 Å². The molecule has 2 heteroatoms. The van der Waals surface area contributed by atoms with Gasteiger partial charge in [-0.25, -0.2) is 0 Å². The standard InChI is InChI=1S/C12H22N2/c13-9-5-2-1-3-6-10-14-11-7-4-8-12-14/h1-2,4-5,7-13H2. The smallest absolute Gasteiger partial charge is 0.0601 e. The minimum atomic E-state index is 0.799. The van der Waals surface area contributed by atoms with Crippen molar-refractivity contribution < 1.29 is 0 Å². The second kappa shape index (κ2) is 7.84. The van der Waals surface area contributed by atoms with Gasteiger partial charge in [-0.1, -0.05) is 12.3 Å². The summed E-state index contributed by atoms with van der Waals surface area (Å²) >= 11 is 0. The predicted octanol–water partition coefficient (Wildman–Crippen LogP) is 1.60. The molecule has 80 valence electrons. The third-order valence-electron chi connectivity index (χ3n) is 2.63. The molecule has 0 amide bonds. The largest absolute Gasteiger partial charge is 0.330 e. The third kappa shape index (κ3) is 5.26. The Morgan fingerprint density at radius 3 is 2.50 bits per heavy atom. The molecule has 0 spiro atoms. The van der Waals surface area contributed by atoms with Crippen molar-refractivity contribution in [1.29, 1.82) is 0 Å². The average molecular weight is 194 g/mol. The van der Waals surface area contributed by atoms with Crippen LogP contribution in [-0.4, -0.2) is 31.1 Å². The monoisotopic (exact) mass is 194 g/mol. The first kappa shape index (κ1) is 11.6. The molecule has 0 aromatic heterocycles. The quantitative estimate of drug-likeness (QED) is 0.544. The van der Waals surface area contributed by atoms with Gasteiger partial charge in [0.2, 0.25) is 0 Å². The minimum absolute atomic E-state index is 0.799. The highest BCUT2D eigenvalue weighted by atomic mass is 15.1. The topological polar surface area (TPSA) is 29.3 Å². The summed E-state index contributed by atoms with van der Waals surface area (Å²) in [5.74, 6) is 6.47. The van der Waals surface area contributed by atoms with E-state index >= 15 is 0 Å². The fraction of sp³-hybridized carbons (Fsp3) is 0.833. The molecule has 0 aromatic carbocycles. The first-order chi connectivity index (χ1) is 6.93. The van der Waals surface area contributed by atoms with E-state index in [1.807, 2.05) is 0 Å². The van der Waals surface area contributed by atoms with Crippen LogP contribution in [-0.2, 0) is 0 Å². The van der Waals surface area contributed by atoms with E-state index in [4.69, 9.17) is 5.73 Å². The maximum atomic E-state index is 5.40. The number of hydrogen-bond donors (Lipinski definition) is 1. The van der Waals surface area contributed by atoms with Crippen molar-refractivity contribution in [2.75, 3.05) is 26.2 Å². The van der Waals surface area contributed by atoms with E-state index < -0.39 is 0 Å². The average Bonchev–Trinajstić information content (AvgIpc) is 2.25. The van der Waals surface area contributed by atoms with Gasteiger partial charge in [0.1, 0.15) is 0 Å². The van der Waals surface area contributed by atoms with Crippen LogP contribution in [0.5, 0.6) is 0 Å². The van der Waals surface area contributed by atoms with Crippen molar-refractivity contribution in [3.05, 3.63) is 0 Å². The number of unbranched alkanes of at least 4 members (excludes halogenated alkanes) is 2. The fourth-order valence-corrected chi connectivity index (χ4v) is 1.73. The van der Waals surface area contributed by atoms with E-state index in [1.54, 1.807) is 0 Å². The molecule has 1 aliphatic heterocycles. The van der Waals surface area contributed by atoms with Crippen LogP contribution in [0.25, 0.3) is 0 Å². The van der Waals surface area contributed by atoms with Crippen molar-refractivity contribution in [3.63, 3.8) is 0 Å². The lowest BCUT2D eigenvalue weighted by molar-refractivity contribution is 0.255. The first-order valence-corrected chi connectivity index (χ1v) is 5.81. The third-order valence-corrected chi connectivity index (χ3v) is 2.63. The van der Waals surface area contributed by atoms with Crippen molar-refractivity contribution >= 4 is 0 Å². The molecule has 0 atom stereocenters. The molecule has 2 N–H and O–H groups in total. The van der Waals surface area contributed by atoms with Crippen LogP contribution in [0.15, 0.2) is 0 Å².